The minimum absolute atomic E-state index is 0.0846. The van der Waals surface area contributed by atoms with Crippen LogP contribution in [0.3, 0.4) is 0 Å². The molecule has 20 heavy (non-hydrogen) atoms. The van der Waals surface area contributed by atoms with Gasteiger partial charge in [0.15, 0.2) is 0 Å². The number of nitrogens with zero attached hydrogens (tertiary/aromatic N) is 1. The number of hydrogen-bond acceptors (Lipinski definition) is 4. The average molecular weight is 278 g/mol. The van der Waals surface area contributed by atoms with E-state index in [1.54, 1.807) is 6.07 Å². The maximum Gasteiger partial charge on any atom is 0.251 e. The van der Waals surface area contributed by atoms with Crippen molar-refractivity contribution in [3.8, 4) is 0 Å². The van der Waals surface area contributed by atoms with Crippen molar-refractivity contribution in [2.75, 3.05) is 5.43 Å². The van der Waals surface area contributed by atoms with Crippen LogP contribution in [0.15, 0.2) is 12.1 Å². The van der Waals surface area contributed by atoms with E-state index in [4.69, 9.17) is 5.84 Å². The van der Waals surface area contributed by atoms with E-state index in [0.29, 0.717) is 17.3 Å². The molecule has 0 radical (unpaired) electrons. The lowest BCUT2D eigenvalue weighted by atomic mass is 10.0. The molecule has 1 heterocycles. The summed E-state index contributed by atoms with van der Waals surface area (Å²) in [6, 6.07) is 3.63. The summed E-state index contributed by atoms with van der Waals surface area (Å²) in [5.74, 6) is 6.52. The number of aromatic nitrogens is 1. The fourth-order valence-corrected chi connectivity index (χ4v) is 1.84. The summed E-state index contributed by atoms with van der Waals surface area (Å²) in [7, 11) is 0. The molecular formula is C15H26N4O. The van der Waals surface area contributed by atoms with Gasteiger partial charge in [-0.25, -0.2) is 10.8 Å². The third-order valence-corrected chi connectivity index (χ3v) is 3.70. The van der Waals surface area contributed by atoms with Gasteiger partial charge in [-0.3, -0.25) is 4.79 Å². The molecular weight excluding hydrogens is 252 g/mol. The van der Waals surface area contributed by atoms with Crippen molar-refractivity contribution in [3.05, 3.63) is 23.4 Å². The number of nitrogens with one attached hydrogen (secondary N) is 2. The van der Waals surface area contributed by atoms with E-state index in [9.17, 15) is 4.79 Å². The van der Waals surface area contributed by atoms with Crippen LogP contribution in [0.2, 0.25) is 0 Å². The van der Waals surface area contributed by atoms with Gasteiger partial charge in [0.2, 0.25) is 0 Å². The number of pyridine rings is 1. The summed E-state index contributed by atoms with van der Waals surface area (Å²) in [5, 5.41) is 3.03. The molecule has 5 heteroatoms. The zero-order valence-electron chi connectivity index (χ0n) is 13.0. The Morgan fingerprint density at radius 1 is 1.30 bits per heavy atom. The first-order chi connectivity index (χ1) is 9.38. The highest BCUT2D eigenvalue weighted by atomic mass is 16.1. The Labute approximate surface area is 121 Å². The summed E-state index contributed by atoms with van der Waals surface area (Å²) >= 11 is 0. The summed E-state index contributed by atoms with van der Waals surface area (Å²) in [6.07, 6.45) is 1.03. The molecule has 0 saturated carbocycles. The highest BCUT2D eigenvalue weighted by molar-refractivity contribution is 5.95. The van der Waals surface area contributed by atoms with Crippen LogP contribution in [0.4, 0.5) is 5.82 Å². The molecule has 5 nitrogen and oxygen atoms in total. The summed E-state index contributed by atoms with van der Waals surface area (Å²) in [5.41, 5.74) is 3.95. The van der Waals surface area contributed by atoms with E-state index in [0.717, 1.165) is 12.1 Å². The molecule has 0 aliphatic rings. The predicted octanol–water partition coefficient (Wildman–Crippen LogP) is 2.66. The largest absolute Gasteiger partial charge is 0.349 e. The van der Waals surface area contributed by atoms with Crippen molar-refractivity contribution >= 4 is 11.7 Å². The van der Waals surface area contributed by atoms with Gasteiger partial charge in [-0.05, 0) is 30.9 Å². The molecule has 0 aliphatic carbocycles. The first kappa shape index (κ1) is 16.4. The Hall–Kier alpha value is -1.62. The molecule has 0 aliphatic heterocycles. The Balaban J connectivity index is 2.94. The molecule has 2 atom stereocenters. The van der Waals surface area contributed by atoms with Crippen LogP contribution in [-0.4, -0.2) is 16.9 Å². The number of anilines is 1. The molecule has 0 fully saturated rings. The predicted molar refractivity (Wildman–Crippen MR) is 82.5 cm³/mol. The van der Waals surface area contributed by atoms with E-state index in [-0.39, 0.29) is 17.9 Å². The van der Waals surface area contributed by atoms with E-state index in [1.165, 1.54) is 0 Å². The molecule has 1 rings (SSSR count). The van der Waals surface area contributed by atoms with E-state index < -0.39 is 0 Å². The number of carbonyl (C=O) groups is 1. The molecule has 0 saturated heterocycles. The van der Waals surface area contributed by atoms with E-state index >= 15 is 0 Å². The van der Waals surface area contributed by atoms with Gasteiger partial charge in [-0.1, -0.05) is 34.1 Å². The fraction of sp³-hybridized carbons (Fsp3) is 0.600. The Morgan fingerprint density at radius 3 is 2.45 bits per heavy atom. The van der Waals surface area contributed by atoms with Crippen LogP contribution in [-0.2, 0) is 0 Å². The molecule has 0 spiro atoms. The molecule has 112 valence electrons. The number of carbonyl (C=O) groups excluding carboxylic acids is 1. The van der Waals surface area contributed by atoms with Crippen molar-refractivity contribution in [1.29, 1.82) is 0 Å². The van der Waals surface area contributed by atoms with Crippen molar-refractivity contribution in [2.45, 2.75) is 53.0 Å². The maximum atomic E-state index is 12.3. The van der Waals surface area contributed by atoms with Crippen molar-refractivity contribution in [2.24, 2.45) is 11.8 Å². The van der Waals surface area contributed by atoms with Crippen LogP contribution in [0, 0.1) is 5.92 Å². The summed E-state index contributed by atoms with van der Waals surface area (Å²) in [4.78, 5) is 16.7. The lowest BCUT2D eigenvalue weighted by Gasteiger charge is -2.20. The summed E-state index contributed by atoms with van der Waals surface area (Å²) < 4.78 is 0. The first-order valence-corrected chi connectivity index (χ1v) is 7.18. The van der Waals surface area contributed by atoms with Crippen LogP contribution in [0.5, 0.6) is 0 Å². The quantitative estimate of drug-likeness (QED) is 0.552. The van der Waals surface area contributed by atoms with Gasteiger partial charge in [-0.15, -0.1) is 0 Å². The van der Waals surface area contributed by atoms with Crippen LogP contribution >= 0.6 is 0 Å². The lowest BCUT2D eigenvalue weighted by Crippen LogP contribution is -2.37. The smallest absolute Gasteiger partial charge is 0.251 e. The second-order valence-electron chi connectivity index (χ2n) is 5.61. The number of nitrogens with two attached hydrogens (primary N) is 1. The number of nitrogen functional groups attached to an aromatic ring is 1. The number of hydrazine groups is 1. The van der Waals surface area contributed by atoms with E-state index in [1.807, 2.05) is 26.8 Å². The SMILES string of the molecule is CCC(C)C(C)NC(=O)c1cc(NN)nc(C(C)C)c1. The average Bonchev–Trinajstić information content (AvgIpc) is 2.45. The Morgan fingerprint density at radius 2 is 1.95 bits per heavy atom. The lowest BCUT2D eigenvalue weighted by molar-refractivity contribution is 0.0928. The standard InChI is InChI=1S/C15H26N4O/c1-6-10(4)11(5)17-15(20)12-7-13(9(2)3)18-14(8-12)19-16/h7-11H,6,16H2,1-5H3,(H,17,20)(H,18,19). The maximum absolute atomic E-state index is 12.3. The zero-order chi connectivity index (χ0) is 15.3. The van der Waals surface area contributed by atoms with Gasteiger partial charge in [0.1, 0.15) is 5.82 Å². The van der Waals surface area contributed by atoms with Crippen LogP contribution in [0.1, 0.15) is 63.0 Å². The van der Waals surface area contributed by atoms with Gasteiger partial charge < -0.3 is 10.7 Å². The topological polar surface area (TPSA) is 80.0 Å². The number of rotatable bonds is 6. The third-order valence-electron chi connectivity index (χ3n) is 3.70. The Bertz CT molecular complexity index is 459. The molecule has 4 N–H and O–H groups in total. The molecule has 1 aromatic heterocycles. The Kier molecular flexibility index (Phi) is 5.95. The first-order valence-electron chi connectivity index (χ1n) is 7.18. The zero-order valence-corrected chi connectivity index (χ0v) is 13.0. The van der Waals surface area contributed by atoms with Gasteiger partial charge >= 0.3 is 0 Å². The monoisotopic (exact) mass is 278 g/mol. The van der Waals surface area contributed by atoms with Crippen LogP contribution < -0.4 is 16.6 Å². The van der Waals surface area contributed by atoms with Gasteiger partial charge in [0.25, 0.3) is 5.91 Å². The minimum Gasteiger partial charge on any atom is -0.349 e. The fourth-order valence-electron chi connectivity index (χ4n) is 1.84. The van der Waals surface area contributed by atoms with Gasteiger partial charge in [0.05, 0.1) is 0 Å². The number of amides is 1. The second-order valence-corrected chi connectivity index (χ2v) is 5.61. The van der Waals surface area contributed by atoms with Gasteiger partial charge in [-0.2, -0.15) is 0 Å². The molecule has 2 unspecified atom stereocenters. The minimum atomic E-state index is -0.0846. The van der Waals surface area contributed by atoms with Gasteiger partial charge in [0, 0.05) is 17.3 Å². The third kappa shape index (κ3) is 4.20. The van der Waals surface area contributed by atoms with Crippen molar-refractivity contribution in [1.82, 2.24) is 10.3 Å². The highest BCUT2D eigenvalue weighted by Crippen LogP contribution is 2.17. The van der Waals surface area contributed by atoms with E-state index in [2.05, 4.69) is 29.6 Å². The highest BCUT2D eigenvalue weighted by Gasteiger charge is 2.16. The molecule has 1 amide bonds. The number of hydrogen-bond donors (Lipinski definition) is 3. The normalized spacial score (nSPS) is 13.9. The molecule has 0 bridgehead atoms. The van der Waals surface area contributed by atoms with Crippen LogP contribution in [0.25, 0.3) is 0 Å². The second kappa shape index (κ2) is 7.24. The molecule has 0 aromatic carbocycles. The van der Waals surface area contributed by atoms with Crippen molar-refractivity contribution in [3.63, 3.8) is 0 Å². The van der Waals surface area contributed by atoms with Crippen molar-refractivity contribution < 1.29 is 4.79 Å². The molecule has 1 aromatic rings. The summed E-state index contributed by atoms with van der Waals surface area (Å²) in [6.45, 7) is 10.3.